The third-order valence-electron chi connectivity index (χ3n) is 5.70. The van der Waals surface area contributed by atoms with Crippen LogP contribution in [0.1, 0.15) is 61.6 Å². The second-order valence-corrected chi connectivity index (χ2v) is 9.43. The molecule has 2 aromatic carbocycles. The maximum atomic E-state index is 13.5. The fourth-order valence-corrected chi connectivity index (χ4v) is 3.90. The van der Waals surface area contributed by atoms with E-state index < -0.39 is 35.3 Å². The molecule has 0 fully saturated rings. The van der Waals surface area contributed by atoms with Gasteiger partial charge in [0, 0.05) is 6.54 Å². The monoisotopic (exact) mass is 513 g/mol. The Hall–Kier alpha value is -4.28. The van der Waals surface area contributed by atoms with Gasteiger partial charge in [0.15, 0.2) is 11.5 Å². The van der Waals surface area contributed by atoms with Crippen LogP contribution in [0.5, 0.6) is 11.5 Å². The van der Waals surface area contributed by atoms with Gasteiger partial charge in [0.2, 0.25) is 0 Å². The van der Waals surface area contributed by atoms with Crippen molar-refractivity contribution in [3.63, 3.8) is 0 Å². The molecule has 0 spiro atoms. The van der Waals surface area contributed by atoms with Gasteiger partial charge < -0.3 is 24.3 Å². The number of nitrogens with zero attached hydrogens (tertiary/aromatic N) is 1. The summed E-state index contributed by atoms with van der Waals surface area (Å²) in [5.74, 6) is -0.766. The van der Waals surface area contributed by atoms with Gasteiger partial charge in [-0.15, -0.1) is 0 Å². The van der Waals surface area contributed by atoms with Crippen LogP contribution >= 0.6 is 0 Å². The number of fused-ring (bicyclic) bond motifs is 1. The Balaban J connectivity index is 1.96. The Morgan fingerprint density at radius 3 is 2.49 bits per heavy atom. The molecule has 0 saturated carbocycles. The number of rotatable bonds is 8. The number of benzene rings is 2. The predicted octanol–water partition coefficient (Wildman–Crippen LogP) is 3.89. The summed E-state index contributed by atoms with van der Waals surface area (Å²) in [6.45, 7) is 7.28. The van der Waals surface area contributed by atoms with Crippen molar-refractivity contribution in [1.82, 2.24) is 10.4 Å². The summed E-state index contributed by atoms with van der Waals surface area (Å²) in [5.41, 5.74) is 2.91. The van der Waals surface area contributed by atoms with E-state index in [0.29, 0.717) is 29.2 Å². The topological polar surface area (TPSA) is 144 Å². The van der Waals surface area contributed by atoms with Crippen molar-refractivity contribution in [2.75, 3.05) is 19.0 Å². The molecule has 0 radical (unpaired) electrons. The van der Waals surface area contributed by atoms with E-state index in [9.17, 15) is 24.3 Å². The van der Waals surface area contributed by atoms with E-state index in [1.165, 1.54) is 18.1 Å². The zero-order valence-corrected chi connectivity index (χ0v) is 21.4. The standard InChI is InChI=1S/C26H31N3O8/c1-6-36-20-12-15(10-11-19(20)35-5)18(13-21(30)28-37-24(32)26(2,3)4)29-14-16-8-7-9-17(27-25(33)34)22(16)23(29)31/h7-12,18,27H,6,13-14H2,1-5H3,(H,28,30)(H,33,34)/t18-/m1/s1. The normalized spacial score (nSPS) is 13.4. The lowest BCUT2D eigenvalue weighted by molar-refractivity contribution is -0.166. The molecule has 3 amide bonds. The van der Waals surface area contributed by atoms with Crippen LogP contribution in [-0.4, -0.2) is 47.6 Å². The predicted molar refractivity (Wildman–Crippen MR) is 133 cm³/mol. The fourth-order valence-electron chi connectivity index (χ4n) is 3.90. The molecular weight excluding hydrogens is 482 g/mol. The highest BCUT2D eigenvalue weighted by Crippen LogP contribution is 2.39. The van der Waals surface area contributed by atoms with Crippen molar-refractivity contribution in [3.8, 4) is 11.5 Å². The zero-order chi connectivity index (χ0) is 27.3. The first kappa shape index (κ1) is 27.3. The molecular formula is C26H31N3O8. The van der Waals surface area contributed by atoms with Crippen LogP contribution in [0.25, 0.3) is 0 Å². The number of amides is 3. The summed E-state index contributed by atoms with van der Waals surface area (Å²) < 4.78 is 11.0. The van der Waals surface area contributed by atoms with Crippen LogP contribution in [0.4, 0.5) is 10.5 Å². The third-order valence-corrected chi connectivity index (χ3v) is 5.70. The molecule has 1 aliphatic rings. The third kappa shape index (κ3) is 6.29. The molecule has 0 aliphatic carbocycles. The SMILES string of the molecule is CCOc1cc([C@@H](CC(=O)NOC(=O)C(C)(C)C)N2Cc3cccc(NC(=O)O)c3C2=O)ccc1OC. The molecule has 1 atom stereocenters. The van der Waals surface area contributed by atoms with E-state index in [1.54, 1.807) is 51.1 Å². The first-order valence-electron chi connectivity index (χ1n) is 11.7. The van der Waals surface area contributed by atoms with E-state index in [-0.39, 0.29) is 24.2 Å². The van der Waals surface area contributed by atoms with Crippen LogP contribution in [0.2, 0.25) is 0 Å². The zero-order valence-electron chi connectivity index (χ0n) is 21.4. The van der Waals surface area contributed by atoms with Crippen LogP contribution in [0, 0.1) is 5.41 Å². The number of methoxy groups -OCH3 is 1. The van der Waals surface area contributed by atoms with E-state index in [2.05, 4.69) is 10.8 Å². The molecule has 0 aromatic heterocycles. The van der Waals surface area contributed by atoms with Crippen molar-refractivity contribution in [1.29, 1.82) is 0 Å². The molecule has 37 heavy (non-hydrogen) atoms. The van der Waals surface area contributed by atoms with Crippen molar-refractivity contribution < 1.29 is 38.6 Å². The lowest BCUT2D eigenvalue weighted by Crippen LogP contribution is -2.37. The molecule has 2 aromatic rings. The Morgan fingerprint density at radius 1 is 1.14 bits per heavy atom. The Morgan fingerprint density at radius 2 is 1.86 bits per heavy atom. The lowest BCUT2D eigenvalue weighted by atomic mass is 9.98. The molecule has 11 nitrogen and oxygen atoms in total. The Labute approximate surface area is 214 Å². The number of hydrogen-bond acceptors (Lipinski definition) is 7. The molecule has 1 heterocycles. The minimum Gasteiger partial charge on any atom is -0.493 e. The first-order chi connectivity index (χ1) is 17.5. The summed E-state index contributed by atoms with van der Waals surface area (Å²) in [5, 5.41) is 11.5. The molecule has 0 saturated heterocycles. The van der Waals surface area contributed by atoms with Crippen molar-refractivity contribution in [2.45, 2.75) is 46.7 Å². The molecule has 198 valence electrons. The Kier molecular flexibility index (Phi) is 8.26. The second kappa shape index (κ2) is 11.2. The average Bonchev–Trinajstić information content (AvgIpc) is 3.17. The summed E-state index contributed by atoms with van der Waals surface area (Å²) >= 11 is 0. The summed E-state index contributed by atoms with van der Waals surface area (Å²) in [7, 11) is 1.50. The molecule has 0 bridgehead atoms. The summed E-state index contributed by atoms with van der Waals surface area (Å²) in [6.07, 6.45) is -1.54. The van der Waals surface area contributed by atoms with Crippen molar-refractivity contribution >= 4 is 29.6 Å². The molecule has 0 unspecified atom stereocenters. The molecule has 11 heteroatoms. The van der Waals surface area contributed by atoms with E-state index in [1.807, 2.05) is 6.92 Å². The molecule has 3 N–H and O–H groups in total. The molecule has 3 rings (SSSR count). The number of carbonyl (C=O) groups is 4. The van der Waals surface area contributed by atoms with Crippen LogP contribution < -0.4 is 20.3 Å². The number of nitrogens with one attached hydrogen (secondary N) is 2. The quantitative estimate of drug-likeness (QED) is 0.451. The number of hydroxylamine groups is 1. The van der Waals surface area contributed by atoms with Crippen LogP contribution in [0.3, 0.4) is 0 Å². The van der Waals surface area contributed by atoms with Gasteiger partial charge in [0.05, 0.1) is 42.8 Å². The van der Waals surface area contributed by atoms with E-state index in [4.69, 9.17) is 14.3 Å². The van der Waals surface area contributed by atoms with Gasteiger partial charge in [-0.05, 0) is 57.0 Å². The number of carboxylic acid groups (broad SMARTS) is 1. The van der Waals surface area contributed by atoms with Gasteiger partial charge in [-0.1, -0.05) is 18.2 Å². The number of hydrogen-bond donors (Lipinski definition) is 3. The van der Waals surface area contributed by atoms with Gasteiger partial charge in [0.25, 0.3) is 11.8 Å². The average molecular weight is 514 g/mol. The minimum atomic E-state index is -1.30. The van der Waals surface area contributed by atoms with Gasteiger partial charge in [-0.3, -0.25) is 14.9 Å². The van der Waals surface area contributed by atoms with E-state index in [0.717, 1.165) is 0 Å². The highest BCUT2D eigenvalue weighted by atomic mass is 16.7. The lowest BCUT2D eigenvalue weighted by Gasteiger charge is -2.28. The number of carbonyl (C=O) groups excluding carboxylic acids is 3. The number of ether oxygens (including phenoxy) is 2. The van der Waals surface area contributed by atoms with Gasteiger partial charge in [0.1, 0.15) is 0 Å². The smallest absolute Gasteiger partial charge is 0.409 e. The van der Waals surface area contributed by atoms with Gasteiger partial charge in [-0.25, -0.2) is 9.59 Å². The van der Waals surface area contributed by atoms with Crippen molar-refractivity contribution in [2.24, 2.45) is 5.41 Å². The fraction of sp³-hybridized carbons (Fsp3) is 0.385. The highest BCUT2D eigenvalue weighted by Gasteiger charge is 2.37. The molecule has 1 aliphatic heterocycles. The van der Waals surface area contributed by atoms with Crippen molar-refractivity contribution in [3.05, 3.63) is 53.1 Å². The van der Waals surface area contributed by atoms with Crippen LogP contribution in [0.15, 0.2) is 36.4 Å². The van der Waals surface area contributed by atoms with E-state index >= 15 is 0 Å². The number of anilines is 1. The van der Waals surface area contributed by atoms with Gasteiger partial charge >= 0.3 is 12.1 Å². The Bertz CT molecular complexity index is 1200. The summed E-state index contributed by atoms with van der Waals surface area (Å²) in [4.78, 5) is 56.2. The van der Waals surface area contributed by atoms with Gasteiger partial charge in [-0.2, -0.15) is 5.48 Å². The summed E-state index contributed by atoms with van der Waals surface area (Å²) in [6, 6.07) is 9.16. The largest absolute Gasteiger partial charge is 0.493 e. The first-order valence-corrected chi connectivity index (χ1v) is 11.7. The maximum Gasteiger partial charge on any atom is 0.409 e. The highest BCUT2D eigenvalue weighted by molar-refractivity contribution is 6.06. The van der Waals surface area contributed by atoms with Crippen LogP contribution in [-0.2, 0) is 21.0 Å². The maximum absolute atomic E-state index is 13.5. The second-order valence-electron chi connectivity index (χ2n) is 9.43. The minimum absolute atomic E-state index is 0.138.